The van der Waals surface area contributed by atoms with Crippen LogP contribution in [0.4, 0.5) is 11.4 Å². The fourth-order valence-electron chi connectivity index (χ4n) is 3.78. The van der Waals surface area contributed by atoms with Gasteiger partial charge in [-0.05, 0) is 37.6 Å². The summed E-state index contributed by atoms with van der Waals surface area (Å²) in [4.78, 5) is 39.3. The van der Waals surface area contributed by atoms with Crippen LogP contribution in [0.1, 0.15) is 19.8 Å². The number of carbonyl (C=O) groups is 2. The van der Waals surface area contributed by atoms with Crippen LogP contribution in [0.25, 0.3) is 11.0 Å². The van der Waals surface area contributed by atoms with Gasteiger partial charge in [-0.2, -0.15) is 0 Å². The maximum atomic E-state index is 12.7. The minimum Gasteiger partial charge on any atom is -0.323 e. The van der Waals surface area contributed by atoms with Crippen molar-refractivity contribution in [2.75, 3.05) is 16.8 Å². The number of rotatable bonds is 5. The highest BCUT2D eigenvalue weighted by Gasteiger charge is 2.24. The highest BCUT2D eigenvalue weighted by atomic mass is 16.2. The van der Waals surface area contributed by atoms with E-state index in [9.17, 15) is 14.4 Å². The van der Waals surface area contributed by atoms with E-state index in [1.54, 1.807) is 15.5 Å². The lowest BCUT2D eigenvalue weighted by Gasteiger charge is -2.20. The number of hydrogen-bond acceptors (Lipinski definition) is 3. The molecule has 144 valence electrons. The fourth-order valence-corrected chi connectivity index (χ4v) is 3.78. The fraction of sp³-hybridized carbons (Fsp3) is 0.286. The number of benzene rings is 2. The first kappa shape index (κ1) is 18.0. The monoisotopic (exact) mass is 378 g/mol. The second-order valence-corrected chi connectivity index (χ2v) is 6.82. The standard InChI is InChI=1S/C21H22N4O3/c1-2-23-17-10-5-6-11-18(17)25(21(23)28)14-19(26)22-15-8-3-4-9-16(15)24-13-7-12-20(24)27/h3-6,8-11H,2,7,12-14H2,1H3,(H,22,26). The largest absolute Gasteiger partial charge is 0.329 e. The van der Waals surface area contributed by atoms with E-state index in [-0.39, 0.29) is 24.0 Å². The van der Waals surface area contributed by atoms with Crippen molar-refractivity contribution in [3.05, 3.63) is 59.0 Å². The highest BCUT2D eigenvalue weighted by Crippen LogP contribution is 2.29. The number of para-hydroxylation sites is 4. The van der Waals surface area contributed by atoms with Crippen LogP contribution < -0.4 is 15.9 Å². The molecule has 0 aliphatic carbocycles. The third-order valence-corrected chi connectivity index (χ3v) is 5.09. The van der Waals surface area contributed by atoms with Crippen molar-refractivity contribution < 1.29 is 9.59 Å². The SMILES string of the molecule is CCn1c(=O)n(CC(=O)Nc2ccccc2N2CCCC2=O)c2ccccc21. The van der Waals surface area contributed by atoms with Gasteiger partial charge in [0.15, 0.2) is 0 Å². The topological polar surface area (TPSA) is 76.3 Å². The van der Waals surface area contributed by atoms with E-state index in [4.69, 9.17) is 0 Å². The van der Waals surface area contributed by atoms with Crippen LogP contribution in [0.5, 0.6) is 0 Å². The van der Waals surface area contributed by atoms with Gasteiger partial charge in [-0.1, -0.05) is 24.3 Å². The number of imidazole rings is 1. The highest BCUT2D eigenvalue weighted by molar-refractivity contribution is 6.02. The molecule has 3 aromatic rings. The Balaban J connectivity index is 1.62. The van der Waals surface area contributed by atoms with Crippen molar-refractivity contribution in [2.45, 2.75) is 32.9 Å². The van der Waals surface area contributed by atoms with Gasteiger partial charge in [0.05, 0.1) is 22.4 Å². The zero-order valence-corrected chi connectivity index (χ0v) is 15.7. The summed E-state index contributed by atoms with van der Waals surface area (Å²) in [7, 11) is 0. The Morgan fingerprint density at radius 1 is 1.00 bits per heavy atom. The third kappa shape index (κ3) is 3.09. The molecule has 0 bridgehead atoms. The zero-order valence-electron chi connectivity index (χ0n) is 15.7. The van der Waals surface area contributed by atoms with Crippen LogP contribution in [0.3, 0.4) is 0 Å². The minimum atomic E-state index is -0.305. The molecule has 2 amide bonds. The summed E-state index contributed by atoms with van der Waals surface area (Å²) in [6, 6.07) is 14.7. The molecular formula is C21H22N4O3. The van der Waals surface area contributed by atoms with Crippen molar-refractivity contribution >= 4 is 34.2 Å². The lowest BCUT2D eigenvalue weighted by molar-refractivity contribution is -0.117. The van der Waals surface area contributed by atoms with Gasteiger partial charge in [0.2, 0.25) is 11.8 Å². The molecule has 2 heterocycles. The predicted octanol–water partition coefficient (Wildman–Crippen LogP) is 2.59. The summed E-state index contributed by atoms with van der Waals surface area (Å²) in [5.41, 5.74) is 2.61. The molecule has 1 saturated heterocycles. The molecule has 1 aliphatic heterocycles. The summed E-state index contributed by atoms with van der Waals surface area (Å²) in [5, 5.41) is 2.87. The Kier molecular flexibility index (Phi) is 4.73. The van der Waals surface area contributed by atoms with Crippen molar-refractivity contribution in [2.24, 2.45) is 0 Å². The first-order chi connectivity index (χ1) is 13.6. The number of aromatic nitrogens is 2. The van der Waals surface area contributed by atoms with E-state index in [0.717, 1.165) is 17.5 Å². The molecule has 1 aromatic heterocycles. The Hall–Kier alpha value is -3.35. The smallest absolute Gasteiger partial charge is 0.323 e. The molecule has 0 atom stereocenters. The average Bonchev–Trinajstić information content (AvgIpc) is 3.23. The van der Waals surface area contributed by atoms with Crippen LogP contribution in [0.2, 0.25) is 0 Å². The molecule has 4 rings (SSSR count). The number of amides is 2. The number of hydrogen-bond donors (Lipinski definition) is 1. The van der Waals surface area contributed by atoms with Gasteiger partial charge < -0.3 is 10.2 Å². The Morgan fingerprint density at radius 3 is 2.36 bits per heavy atom. The molecule has 1 N–H and O–H groups in total. The zero-order chi connectivity index (χ0) is 19.7. The van der Waals surface area contributed by atoms with Crippen LogP contribution in [-0.4, -0.2) is 27.5 Å². The maximum absolute atomic E-state index is 12.7. The number of nitrogens with one attached hydrogen (secondary N) is 1. The van der Waals surface area contributed by atoms with E-state index in [0.29, 0.717) is 30.9 Å². The molecule has 2 aromatic carbocycles. The molecule has 0 radical (unpaired) electrons. The quantitative estimate of drug-likeness (QED) is 0.741. The summed E-state index contributed by atoms with van der Waals surface area (Å²) >= 11 is 0. The van der Waals surface area contributed by atoms with Gasteiger partial charge in [0.1, 0.15) is 6.54 Å². The van der Waals surface area contributed by atoms with E-state index in [1.165, 1.54) is 4.57 Å². The Labute approximate surface area is 162 Å². The number of fused-ring (bicyclic) bond motifs is 1. The molecule has 0 saturated carbocycles. The van der Waals surface area contributed by atoms with Gasteiger partial charge in [-0.25, -0.2) is 4.79 Å². The minimum absolute atomic E-state index is 0.0592. The second kappa shape index (κ2) is 7.34. The Morgan fingerprint density at radius 2 is 1.68 bits per heavy atom. The summed E-state index contributed by atoms with van der Waals surface area (Å²) in [5.74, 6) is -0.246. The molecular weight excluding hydrogens is 356 g/mol. The van der Waals surface area contributed by atoms with Gasteiger partial charge in [-0.15, -0.1) is 0 Å². The summed E-state index contributed by atoms with van der Waals surface area (Å²) in [6.45, 7) is 3.00. The van der Waals surface area contributed by atoms with Gasteiger partial charge in [0, 0.05) is 19.5 Å². The second-order valence-electron chi connectivity index (χ2n) is 6.82. The number of anilines is 2. The van der Waals surface area contributed by atoms with Crippen LogP contribution in [0, 0.1) is 0 Å². The molecule has 0 spiro atoms. The average molecular weight is 378 g/mol. The third-order valence-electron chi connectivity index (χ3n) is 5.09. The van der Waals surface area contributed by atoms with Crippen LogP contribution in [0.15, 0.2) is 53.3 Å². The van der Waals surface area contributed by atoms with Gasteiger partial charge in [0.25, 0.3) is 0 Å². The molecule has 28 heavy (non-hydrogen) atoms. The number of nitrogens with zero attached hydrogens (tertiary/aromatic N) is 3. The lowest BCUT2D eigenvalue weighted by atomic mass is 10.2. The molecule has 7 heteroatoms. The van der Waals surface area contributed by atoms with E-state index >= 15 is 0 Å². The molecule has 7 nitrogen and oxygen atoms in total. The maximum Gasteiger partial charge on any atom is 0.329 e. The van der Waals surface area contributed by atoms with E-state index in [2.05, 4.69) is 5.32 Å². The number of aryl methyl sites for hydroxylation is 1. The van der Waals surface area contributed by atoms with Crippen LogP contribution in [-0.2, 0) is 22.7 Å². The first-order valence-electron chi connectivity index (χ1n) is 9.47. The molecule has 0 unspecified atom stereocenters. The van der Waals surface area contributed by atoms with Crippen LogP contribution >= 0.6 is 0 Å². The lowest BCUT2D eigenvalue weighted by Crippen LogP contribution is -2.30. The number of carbonyl (C=O) groups excluding carboxylic acids is 2. The summed E-state index contributed by atoms with van der Waals surface area (Å²) < 4.78 is 3.14. The van der Waals surface area contributed by atoms with Gasteiger partial charge in [-0.3, -0.25) is 18.7 Å². The van der Waals surface area contributed by atoms with Crippen molar-refractivity contribution in [3.63, 3.8) is 0 Å². The molecule has 1 fully saturated rings. The Bertz CT molecular complexity index is 1110. The van der Waals surface area contributed by atoms with E-state index < -0.39 is 0 Å². The predicted molar refractivity (Wildman–Crippen MR) is 109 cm³/mol. The summed E-state index contributed by atoms with van der Waals surface area (Å²) in [6.07, 6.45) is 1.33. The first-order valence-corrected chi connectivity index (χ1v) is 9.47. The van der Waals surface area contributed by atoms with E-state index in [1.807, 2.05) is 49.4 Å². The van der Waals surface area contributed by atoms with Crippen molar-refractivity contribution in [1.29, 1.82) is 0 Å². The van der Waals surface area contributed by atoms with Crippen molar-refractivity contribution in [1.82, 2.24) is 9.13 Å². The van der Waals surface area contributed by atoms with Gasteiger partial charge >= 0.3 is 5.69 Å². The van der Waals surface area contributed by atoms with Crippen molar-refractivity contribution in [3.8, 4) is 0 Å². The normalized spacial score (nSPS) is 14.0. The molecule has 1 aliphatic rings.